The van der Waals surface area contributed by atoms with Gasteiger partial charge in [0.05, 0.1) is 11.0 Å². The third kappa shape index (κ3) is 2.54. The van der Waals surface area contributed by atoms with Crippen LogP contribution in [-0.2, 0) is 6.42 Å². The van der Waals surface area contributed by atoms with Gasteiger partial charge in [0.1, 0.15) is 0 Å². The number of nitrogens with one attached hydrogen (secondary N) is 1. The summed E-state index contributed by atoms with van der Waals surface area (Å²) in [5, 5.41) is 14.3. The van der Waals surface area contributed by atoms with Crippen molar-refractivity contribution in [2.24, 2.45) is 0 Å². The predicted octanol–water partition coefficient (Wildman–Crippen LogP) is 3.58. The number of benzene rings is 2. The van der Waals surface area contributed by atoms with Crippen molar-refractivity contribution < 1.29 is 4.92 Å². The van der Waals surface area contributed by atoms with E-state index in [0.717, 1.165) is 29.8 Å². The van der Waals surface area contributed by atoms with Crippen molar-refractivity contribution in [1.82, 2.24) is 0 Å². The molecule has 1 atom stereocenters. The van der Waals surface area contributed by atoms with E-state index in [0.29, 0.717) is 0 Å². The maximum absolute atomic E-state index is 10.8. The quantitative estimate of drug-likeness (QED) is 0.512. The molecule has 5 heteroatoms. The maximum Gasteiger partial charge on any atom is 0.269 e. The second-order valence-corrected chi connectivity index (χ2v) is 5.45. The number of nitrogens with two attached hydrogens (primary N) is 1. The monoisotopic (exact) mass is 283 g/mol. The first-order valence-electron chi connectivity index (χ1n) is 6.94. The van der Waals surface area contributed by atoms with E-state index in [1.54, 1.807) is 12.1 Å². The zero-order valence-corrected chi connectivity index (χ0v) is 11.8. The third-order valence-electron chi connectivity index (χ3n) is 4.00. The fourth-order valence-electron chi connectivity index (χ4n) is 2.90. The summed E-state index contributed by atoms with van der Waals surface area (Å²) in [4.78, 5) is 10.4. The molecule has 0 spiro atoms. The van der Waals surface area contributed by atoms with Gasteiger partial charge in [0.25, 0.3) is 5.69 Å². The van der Waals surface area contributed by atoms with Crippen molar-refractivity contribution >= 4 is 17.1 Å². The van der Waals surface area contributed by atoms with Gasteiger partial charge in [0, 0.05) is 23.5 Å². The minimum absolute atomic E-state index is 0.123. The number of fused-ring (bicyclic) bond motifs is 1. The standard InChI is InChI=1S/C16H17N3O2/c1-10-8-13(19(20)21)4-7-15(10)18-16-6-2-11-9-12(17)3-5-14(11)16/h3-5,7-9,16,18H,2,6,17H2,1H3. The molecule has 0 saturated carbocycles. The second-order valence-electron chi connectivity index (χ2n) is 5.45. The molecule has 3 N–H and O–H groups in total. The van der Waals surface area contributed by atoms with Crippen molar-refractivity contribution in [2.75, 3.05) is 11.1 Å². The minimum atomic E-state index is -0.371. The highest BCUT2D eigenvalue weighted by Crippen LogP contribution is 2.36. The van der Waals surface area contributed by atoms with E-state index in [9.17, 15) is 10.1 Å². The first kappa shape index (κ1) is 13.4. The van der Waals surface area contributed by atoms with E-state index in [2.05, 4.69) is 11.4 Å². The number of rotatable bonds is 3. The van der Waals surface area contributed by atoms with Gasteiger partial charge in [-0.05, 0) is 54.7 Å². The van der Waals surface area contributed by atoms with Crippen LogP contribution in [0.5, 0.6) is 0 Å². The lowest BCUT2D eigenvalue weighted by molar-refractivity contribution is -0.384. The largest absolute Gasteiger partial charge is 0.399 e. The van der Waals surface area contributed by atoms with E-state index in [-0.39, 0.29) is 16.7 Å². The number of nitrogens with zero attached hydrogens (tertiary/aromatic N) is 1. The molecule has 1 unspecified atom stereocenters. The van der Waals surface area contributed by atoms with E-state index in [4.69, 9.17) is 5.73 Å². The Bertz CT molecular complexity index is 713. The molecule has 0 fully saturated rings. The van der Waals surface area contributed by atoms with Gasteiger partial charge in [-0.1, -0.05) is 6.07 Å². The molecule has 5 nitrogen and oxygen atoms in total. The molecule has 2 aromatic rings. The van der Waals surface area contributed by atoms with Gasteiger partial charge in [-0.25, -0.2) is 0 Å². The van der Waals surface area contributed by atoms with Crippen LogP contribution in [0.1, 0.15) is 29.2 Å². The Balaban J connectivity index is 1.84. The average molecular weight is 283 g/mol. The van der Waals surface area contributed by atoms with Crippen molar-refractivity contribution in [3.63, 3.8) is 0 Å². The summed E-state index contributed by atoms with van der Waals surface area (Å²) in [6, 6.07) is 11.2. The van der Waals surface area contributed by atoms with Crippen molar-refractivity contribution in [3.8, 4) is 0 Å². The van der Waals surface area contributed by atoms with Crippen molar-refractivity contribution in [3.05, 3.63) is 63.2 Å². The van der Waals surface area contributed by atoms with E-state index < -0.39 is 0 Å². The lowest BCUT2D eigenvalue weighted by Gasteiger charge is -2.17. The molecule has 0 heterocycles. The van der Waals surface area contributed by atoms with Gasteiger partial charge >= 0.3 is 0 Å². The van der Waals surface area contributed by atoms with Gasteiger partial charge < -0.3 is 11.1 Å². The molecule has 0 radical (unpaired) electrons. The molecule has 0 saturated heterocycles. The predicted molar refractivity (Wildman–Crippen MR) is 83.4 cm³/mol. The molecule has 0 amide bonds. The first-order valence-corrected chi connectivity index (χ1v) is 6.94. The molecule has 0 aliphatic heterocycles. The summed E-state index contributed by atoms with van der Waals surface area (Å²) >= 11 is 0. The number of hydrogen-bond donors (Lipinski definition) is 2. The van der Waals surface area contributed by atoms with E-state index in [1.165, 1.54) is 17.2 Å². The van der Waals surface area contributed by atoms with Crippen molar-refractivity contribution in [2.45, 2.75) is 25.8 Å². The SMILES string of the molecule is Cc1cc([N+](=O)[O-])ccc1NC1CCc2cc(N)ccc21. The van der Waals surface area contributed by atoms with Crippen LogP contribution in [0.25, 0.3) is 0 Å². The Kier molecular flexibility index (Phi) is 3.25. The second kappa shape index (κ2) is 5.09. The molecule has 2 aromatic carbocycles. The number of nitro benzene ring substituents is 1. The summed E-state index contributed by atoms with van der Waals surface area (Å²) in [5.41, 5.74) is 11.1. The highest BCUT2D eigenvalue weighted by molar-refractivity contribution is 5.58. The number of non-ortho nitro benzene ring substituents is 1. The molecule has 108 valence electrons. The molecule has 0 aromatic heterocycles. The third-order valence-corrected chi connectivity index (χ3v) is 4.00. The zero-order valence-electron chi connectivity index (χ0n) is 11.8. The highest BCUT2D eigenvalue weighted by Gasteiger charge is 2.23. The molecule has 1 aliphatic carbocycles. The molecule has 0 bridgehead atoms. The molecule has 1 aliphatic rings. The van der Waals surface area contributed by atoms with E-state index >= 15 is 0 Å². The number of hydrogen-bond acceptors (Lipinski definition) is 4. The zero-order chi connectivity index (χ0) is 15.0. The first-order chi connectivity index (χ1) is 10.0. The topological polar surface area (TPSA) is 81.2 Å². The lowest BCUT2D eigenvalue weighted by Crippen LogP contribution is -2.08. The molecule has 21 heavy (non-hydrogen) atoms. The summed E-state index contributed by atoms with van der Waals surface area (Å²) < 4.78 is 0. The molecule has 3 rings (SSSR count). The van der Waals surface area contributed by atoms with Crippen LogP contribution in [0, 0.1) is 17.0 Å². The van der Waals surface area contributed by atoms with Gasteiger partial charge in [-0.15, -0.1) is 0 Å². The average Bonchev–Trinajstić information content (AvgIpc) is 2.83. The van der Waals surface area contributed by atoms with Gasteiger partial charge in [-0.2, -0.15) is 0 Å². The lowest BCUT2D eigenvalue weighted by atomic mass is 10.1. The van der Waals surface area contributed by atoms with Crippen LogP contribution in [-0.4, -0.2) is 4.92 Å². The van der Waals surface area contributed by atoms with Crippen LogP contribution in [0.2, 0.25) is 0 Å². The Labute approximate surface area is 122 Å². The van der Waals surface area contributed by atoms with Crippen LogP contribution >= 0.6 is 0 Å². The summed E-state index contributed by atoms with van der Waals surface area (Å²) in [6.07, 6.45) is 2.01. The van der Waals surface area contributed by atoms with Gasteiger partial charge in [0.15, 0.2) is 0 Å². The molecular formula is C16H17N3O2. The number of aryl methyl sites for hydroxylation is 2. The van der Waals surface area contributed by atoms with Crippen LogP contribution in [0.4, 0.5) is 17.1 Å². The smallest absolute Gasteiger partial charge is 0.269 e. The van der Waals surface area contributed by atoms with Crippen LogP contribution in [0.3, 0.4) is 0 Å². The Morgan fingerprint density at radius 1 is 1.29 bits per heavy atom. The summed E-state index contributed by atoms with van der Waals surface area (Å²) in [7, 11) is 0. The fourth-order valence-corrected chi connectivity index (χ4v) is 2.90. The number of nitro groups is 1. The van der Waals surface area contributed by atoms with Crippen molar-refractivity contribution in [1.29, 1.82) is 0 Å². The minimum Gasteiger partial charge on any atom is -0.399 e. The fraction of sp³-hybridized carbons (Fsp3) is 0.250. The van der Waals surface area contributed by atoms with E-state index in [1.807, 2.05) is 19.1 Å². The number of nitrogen functional groups attached to an aromatic ring is 1. The Morgan fingerprint density at radius 3 is 2.81 bits per heavy atom. The maximum atomic E-state index is 10.8. The van der Waals surface area contributed by atoms with Crippen LogP contribution < -0.4 is 11.1 Å². The van der Waals surface area contributed by atoms with Gasteiger partial charge in [0.2, 0.25) is 0 Å². The molecular weight excluding hydrogens is 266 g/mol. The van der Waals surface area contributed by atoms with Gasteiger partial charge in [-0.3, -0.25) is 10.1 Å². The summed E-state index contributed by atoms with van der Waals surface area (Å²) in [5.74, 6) is 0. The normalized spacial score (nSPS) is 16.5. The Hall–Kier alpha value is -2.56. The summed E-state index contributed by atoms with van der Waals surface area (Å²) in [6.45, 7) is 1.88. The highest BCUT2D eigenvalue weighted by atomic mass is 16.6. The van der Waals surface area contributed by atoms with Crippen LogP contribution in [0.15, 0.2) is 36.4 Å². The number of anilines is 2. The Morgan fingerprint density at radius 2 is 2.10 bits per heavy atom.